The summed E-state index contributed by atoms with van der Waals surface area (Å²) in [5.74, 6) is 0.668. The Kier molecular flexibility index (Phi) is 9.71. The van der Waals surface area contributed by atoms with Gasteiger partial charge in [-0.05, 0) is 52.0 Å². The fourth-order valence-corrected chi connectivity index (χ4v) is 3.60. The van der Waals surface area contributed by atoms with Crippen LogP contribution < -0.4 is 10.6 Å². The van der Waals surface area contributed by atoms with Gasteiger partial charge in [0, 0.05) is 23.7 Å². The van der Waals surface area contributed by atoms with Crippen molar-refractivity contribution in [2.75, 3.05) is 5.32 Å². The number of alkyl carbamates (subject to hydrolysis) is 1. The number of amides is 1. The smallest absolute Gasteiger partial charge is 0.407 e. The fourth-order valence-electron chi connectivity index (χ4n) is 3.60. The second kappa shape index (κ2) is 12.3. The van der Waals surface area contributed by atoms with Crippen molar-refractivity contribution in [2.24, 2.45) is 4.99 Å². The highest BCUT2D eigenvalue weighted by molar-refractivity contribution is 5.84. The standard InChI is InChI=1S/C23H31F3N6O2/c1-5-14(3)20(13-28-17(6-2)12-27)30-21-10-19(31-32-21)16-7-8-18(9-16)34-22(33)29-15(4)11-23(24,25)26/h6,10,13,15-16,18H,5,7-9,11H2,1-4H3,(H,29,33)(H2,30,31,32)/b17-6-,20-14+,28-13-. The largest absolute Gasteiger partial charge is 0.446 e. The molecule has 34 heavy (non-hydrogen) atoms. The third kappa shape index (κ3) is 8.57. The second-order valence-electron chi connectivity index (χ2n) is 8.33. The number of carbonyl (C=O) groups is 1. The van der Waals surface area contributed by atoms with Crippen LogP contribution in [-0.2, 0) is 4.74 Å². The Morgan fingerprint density at radius 2 is 2.21 bits per heavy atom. The summed E-state index contributed by atoms with van der Waals surface area (Å²) in [7, 11) is 0. The number of anilines is 1. The number of hydrogen-bond donors (Lipinski definition) is 3. The van der Waals surface area contributed by atoms with Crippen LogP contribution in [0.3, 0.4) is 0 Å². The first-order valence-corrected chi connectivity index (χ1v) is 11.2. The van der Waals surface area contributed by atoms with Gasteiger partial charge >= 0.3 is 12.3 Å². The van der Waals surface area contributed by atoms with E-state index in [1.54, 1.807) is 19.2 Å². The summed E-state index contributed by atoms with van der Waals surface area (Å²) in [6.07, 6.45) is -0.745. The van der Waals surface area contributed by atoms with Crippen molar-refractivity contribution in [3.05, 3.63) is 34.8 Å². The molecule has 0 aromatic carbocycles. The summed E-state index contributed by atoms with van der Waals surface area (Å²) in [5.41, 5.74) is 2.96. The minimum Gasteiger partial charge on any atom is -0.446 e. The summed E-state index contributed by atoms with van der Waals surface area (Å²) in [4.78, 5) is 16.1. The highest BCUT2D eigenvalue weighted by atomic mass is 19.4. The Hall–Kier alpha value is -3.29. The molecule has 0 aliphatic heterocycles. The molecule has 8 nitrogen and oxygen atoms in total. The fraction of sp³-hybridized carbons (Fsp3) is 0.565. The minimum atomic E-state index is -4.35. The van der Waals surface area contributed by atoms with E-state index in [4.69, 9.17) is 10.00 Å². The number of allylic oxidation sites excluding steroid dienone is 4. The molecule has 3 unspecified atom stereocenters. The first-order chi connectivity index (χ1) is 16.0. The predicted molar refractivity (Wildman–Crippen MR) is 123 cm³/mol. The van der Waals surface area contributed by atoms with Crippen molar-refractivity contribution in [2.45, 2.75) is 84.0 Å². The van der Waals surface area contributed by atoms with Crippen LogP contribution in [0.25, 0.3) is 0 Å². The van der Waals surface area contributed by atoms with Gasteiger partial charge in [0.1, 0.15) is 17.9 Å². The molecule has 1 aliphatic rings. The highest BCUT2D eigenvalue weighted by Crippen LogP contribution is 2.36. The maximum atomic E-state index is 12.4. The SMILES string of the molecule is C\C=C(C#N)/N=C\C(Nc1cc(C2CCC(OC(=O)NC(C)CC(F)(F)F)C2)[nH]n1)=C(\C)CC. The van der Waals surface area contributed by atoms with Crippen LogP contribution >= 0.6 is 0 Å². The normalized spacial score (nSPS) is 20.6. The van der Waals surface area contributed by atoms with E-state index < -0.39 is 24.7 Å². The summed E-state index contributed by atoms with van der Waals surface area (Å²) in [5, 5.41) is 21.8. The van der Waals surface area contributed by atoms with Crippen molar-refractivity contribution in [1.29, 1.82) is 5.26 Å². The van der Waals surface area contributed by atoms with E-state index in [1.807, 2.05) is 26.0 Å². The molecule has 1 heterocycles. The van der Waals surface area contributed by atoms with E-state index in [0.717, 1.165) is 29.8 Å². The number of rotatable bonds is 9. The average Bonchev–Trinajstić information content (AvgIpc) is 3.40. The molecule has 3 atom stereocenters. The van der Waals surface area contributed by atoms with Crippen molar-refractivity contribution in [1.82, 2.24) is 15.5 Å². The van der Waals surface area contributed by atoms with Crippen molar-refractivity contribution < 1.29 is 22.7 Å². The van der Waals surface area contributed by atoms with E-state index in [9.17, 15) is 18.0 Å². The maximum absolute atomic E-state index is 12.4. The molecule has 1 aliphatic carbocycles. The lowest BCUT2D eigenvalue weighted by molar-refractivity contribution is -0.138. The number of alkyl halides is 3. The Bertz CT molecular complexity index is 974. The Balaban J connectivity index is 1.95. The van der Waals surface area contributed by atoms with Gasteiger partial charge in [-0.2, -0.15) is 23.5 Å². The monoisotopic (exact) mass is 480 g/mol. The van der Waals surface area contributed by atoms with E-state index in [-0.39, 0.29) is 12.0 Å². The first kappa shape index (κ1) is 27.0. The van der Waals surface area contributed by atoms with Crippen LogP contribution in [-0.4, -0.2) is 40.8 Å². The van der Waals surface area contributed by atoms with Crippen LogP contribution in [0.15, 0.2) is 34.1 Å². The van der Waals surface area contributed by atoms with Crippen LogP contribution in [0.2, 0.25) is 0 Å². The lowest BCUT2D eigenvalue weighted by Gasteiger charge is -2.18. The summed E-state index contributed by atoms with van der Waals surface area (Å²) < 4.78 is 42.6. The summed E-state index contributed by atoms with van der Waals surface area (Å²) in [6.45, 7) is 7.01. The van der Waals surface area contributed by atoms with Gasteiger partial charge in [0.2, 0.25) is 0 Å². The zero-order valence-electron chi connectivity index (χ0n) is 19.8. The maximum Gasteiger partial charge on any atom is 0.407 e. The van der Waals surface area contributed by atoms with Crippen molar-refractivity contribution >= 4 is 18.1 Å². The van der Waals surface area contributed by atoms with E-state index in [0.29, 0.717) is 24.4 Å². The first-order valence-electron chi connectivity index (χ1n) is 11.2. The number of hydrogen-bond acceptors (Lipinski definition) is 6. The van der Waals surface area contributed by atoms with E-state index in [1.165, 1.54) is 6.92 Å². The van der Waals surface area contributed by atoms with Gasteiger partial charge in [0.25, 0.3) is 0 Å². The molecule has 1 aromatic heterocycles. The number of nitrogens with zero attached hydrogens (tertiary/aromatic N) is 3. The number of H-pyrrole nitrogens is 1. The molecule has 1 saturated carbocycles. The number of ether oxygens (including phenoxy) is 1. The van der Waals surface area contributed by atoms with E-state index >= 15 is 0 Å². The number of nitriles is 1. The van der Waals surface area contributed by atoms with Crippen LogP contribution in [0.4, 0.5) is 23.8 Å². The van der Waals surface area contributed by atoms with Gasteiger partial charge in [-0.1, -0.05) is 13.0 Å². The van der Waals surface area contributed by atoms with Crippen LogP contribution in [0, 0.1) is 11.3 Å². The van der Waals surface area contributed by atoms with Gasteiger partial charge in [-0.3, -0.25) is 5.10 Å². The zero-order chi connectivity index (χ0) is 25.3. The second-order valence-corrected chi connectivity index (χ2v) is 8.33. The molecule has 186 valence electrons. The third-order valence-corrected chi connectivity index (χ3v) is 5.57. The molecule has 1 aromatic rings. The average molecular weight is 481 g/mol. The summed E-state index contributed by atoms with van der Waals surface area (Å²) >= 11 is 0. The third-order valence-electron chi connectivity index (χ3n) is 5.57. The van der Waals surface area contributed by atoms with Gasteiger partial charge < -0.3 is 15.4 Å². The number of aromatic amines is 1. The molecule has 0 saturated heterocycles. The quantitative estimate of drug-likeness (QED) is 0.309. The topological polar surface area (TPSA) is 115 Å². The van der Waals surface area contributed by atoms with Gasteiger partial charge in [0.05, 0.1) is 18.3 Å². The molecular formula is C23H31F3N6O2. The molecule has 1 fully saturated rings. The van der Waals surface area contributed by atoms with Gasteiger partial charge in [0.15, 0.2) is 5.82 Å². The molecule has 1 amide bonds. The highest BCUT2D eigenvalue weighted by Gasteiger charge is 2.33. The van der Waals surface area contributed by atoms with Crippen molar-refractivity contribution in [3.8, 4) is 6.07 Å². The Morgan fingerprint density at radius 3 is 2.82 bits per heavy atom. The molecular weight excluding hydrogens is 449 g/mol. The number of aromatic nitrogens is 2. The van der Waals surface area contributed by atoms with Crippen LogP contribution in [0.5, 0.6) is 0 Å². The number of nitrogens with one attached hydrogen (secondary N) is 3. The van der Waals surface area contributed by atoms with Gasteiger partial charge in [-0.15, -0.1) is 0 Å². The van der Waals surface area contributed by atoms with E-state index in [2.05, 4.69) is 25.8 Å². The lowest BCUT2D eigenvalue weighted by atomic mass is 10.0. The number of aliphatic imine (C=N–C) groups is 1. The zero-order valence-corrected chi connectivity index (χ0v) is 19.8. The predicted octanol–water partition coefficient (Wildman–Crippen LogP) is 5.71. The molecule has 0 bridgehead atoms. The Labute approximate surface area is 197 Å². The molecule has 2 rings (SSSR count). The lowest BCUT2D eigenvalue weighted by Crippen LogP contribution is -2.37. The molecule has 11 heteroatoms. The van der Waals surface area contributed by atoms with Crippen LogP contribution in [0.1, 0.15) is 71.4 Å². The number of halogens is 3. The molecule has 3 N–H and O–H groups in total. The van der Waals surface area contributed by atoms with Gasteiger partial charge in [-0.25, -0.2) is 9.79 Å². The molecule has 0 radical (unpaired) electrons. The minimum absolute atomic E-state index is 0.0787. The Morgan fingerprint density at radius 1 is 1.47 bits per heavy atom. The van der Waals surface area contributed by atoms with Crippen molar-refractivity contribution in [3.63, 3.8) is 0 Å². The number of carbonyl (C=O) groups excluding carboxylic acids is 1. The summed E-state index contributed by atoms with van der Waals surface area (Å²) in [6, 6.07) is 2.82. The molecule has 0 spiro atoms.